The van der Waals surface area contributed by atoms with Crippen LogP contribution in [0.1, 0.15) is 25.8 Å². The van der Waals surface area contributed by atoms with E-state index in [2.05, 4.69) is 5.32 Å². The maximum atomic E-state index is 12.1. The van der Waals surface area contributed by atoms with Gasteiger partial charge in [0.15, 0.2) is 0 Å². The van der Waals surface area contributed by atoms with Gasteiger partial charge in [-0.1, -0.05) is 26.0 Å². The lowest BCUT2D eigenvalue weighted by molar-refractivity contribution is -0.144. The molecule has 0 bridgehead atoms. The number of nitrogens with two attached hydrogens (primary N) is 1. The number of thioether (sulfide) groups is 1. The molecule has 0 fully saturated rings. The molecule has 134 valence electrons. The van der Waals surface area contributed by atoms with E-state index in [1.807, 2.05) is 44.4 Å². The van der Waals surface area contributed by atoms with Crippen molar-refractivity contribution in [2.75, 3.05) is 6.26 Å². The van der Waals surface area contributed by atoms with Gasteiger partial charge in [0.05, 0.1) is 0 Å². The molecule has 0 heterocycles. The zero-order chi connectivity index (χ0) is 18.3. The lowest BCUT2D eigenvalue weighted by Crippen LogP contribution is -2.52. The standard InChI is InChI=1S/C17H26N2O4S/c1-10(2)8-14(17(22)23)19-16(21)15(20)13(18)9-11-4-6-12(24-3)7-5-11/h4-7,10,13-15,20H,8-9,18H2,1-3H3,(H,19,21)(H,22,23)/t13-,14+,15+/m1/s1. The van der Waals surface area contributed by atoms with Crippen molar-refractivity contribution in [2.24, 2.45) is 11.7 Å². The highest BCUT2D eigenvalue weighted by atomic mass is 32.2. The van der Waals surface area contributed by atoms with E-state index in [0.29, 0.717) is 12.8 Å². The SMILES string of the molecule is CSc1ccc(C[C@@H](N)[C@H](O)C(=O)N[C@@H](CC(C)C)C(=O)O)cc1. The number of carboxylic acid groups (broad SMARTS) is 1. The maximum absolute atomic E-state index is 12.1. The number of aliphatic hydroxyl groups excluding tert-OH is 1. The molecular formula is C17H26N2O4S. The highest BCUT2D eigenvalue weighted by Crippen LogP contribution is 2.16. The van der Waals surface area contributed by atoms with Crippen molar-refractivity contribution in [3.05, 3.63) is 29.8 Å². The Labute approximate surface area is 146 Å². The summed E-state index contributed by atoms with van der Waals surface area (Å²) in [5.41, 5.74) is 6.82. The number of nitrogens with one attached hydrogen (secondary N) is 1. The number of hydrogen-bond acceptors (Lipinski definition) is 5. The predicted octanol–water partition coefficient (Wildman–Crippen LogP) is 1.25. The quantitative estimate of drug-likeness (QED) is 0.497. The summed E-state index contributed by atoms with van der Waals surface area (Å²) in [4.78, 5) is 24.4. The number of rotatable bonds is 9. The molecule has 1 aromatic carbocycles. The summed E-state index contributed by atoms with van der Waals surface area (Å²) in [5.74, 6) is -1.77. The van der Waals surface area contributed by atoms with Crippen LogP contribution in [0.3, 0.4) is 0 Å². The lowest BCUT2D eigenvalue weighted by Gasteiger charge is -2.22. The third-order valence-corrected chi connectivity index (χ3v) is 4.37. The summed E-state index contributed by atoms with van der Waals surface area (Å²) in [5, 5.41) is 21.6. The van der Waals surface area contributed by atoms with Crippen LogP contribution in [0, 0.1) is 5.92 Å². The van der Waals surface area contributed by atoms with Crippen LogP contribution in [0.2, 0.25) is 0 Å². The fourth-order valence-corrected chi connectivity index (χ4v) is 2.70. The van der Waals surface area contributed by atoms with Crippen molar-refractivity contribution >= 4 is 23.6 Å². The van der Waals surface area contributed by atoms with E-state index in [-0.39, 0.29) is 5.92 Å². The second-order valence-electron chi connectivity index (χ2n) is 6.19. The molecule has 0 aliphatic heterocycles. The molecule has 0 radical (unpaired) electrons. The smallest absolute Gasteiger partial charge is 0.326 e. The van der Waals surface area contributed by atoms with Crippen molar-refractivity contribution in [3.8, 4) is 0 Å². The number of benzene rings is 1. The molecule has 7 heteroatoms. The van der Waals surface area contributed by atoms with E-state index < -0.39 is 30.1 Å². The Morgan fingerprint density at radius 2 is 1.83 bits per heavy atom. The van der Waals surface area contributed by atoms with Crippen LogP contribution in [0.15, 0.2) is 29.2 Å². The first-order valence-corrected chi connectivity index (χ1v) is 9.06. The Balaban J connectivity index is 2.63. The number of aliphatic hydroxyl groups is 1. The fourth-order valence-electron chi connectivity index (χ4n) is 2.29. The maximum Gasteiger partial charge on any atom is 0.326 e. The first kappa shape index (κ1) is 20.5. The van der Waals surface area contributed by atoms with Crippen LogP contribution in [0.5, 0.6) is 0 Å². The molecule has 0 saturated carbocycles. The first-order chi connectivity index (χ1) is 11.2. The van der Waals surface area contributed by atoms with Crippen LogP contribution in [-0.4, -0.2) is 46.5 Å². The molecular weight excluding hydrogens is 328 g/mol. The molecule has 6 nitrogen and oxygen atoms in total. The summed E-state index contributed by atoms with van der Waals surface area (Å²) in [6, 6.07) is 5.85. The number of carbonyl (C=O) groups excluding carboxylic acids is 1. The minimum atomic E-state index is -1.46. The molecule has 24 heavy (non-hydrogen) atoms. The molecule has 0 unspecified atom stereocenters. The average Bonchev–Trinajstić information content (AvgIpc) is 2.53. The lowest BCUT2D eigenvalue weighted by atomic mass is 10.00. The van der Waals surface area contributed by atoms with Gasteiger partial charge in [0, 0.05) is 10.9 Å². The molecule has 0 aromatic heterocycles. The van der Waals surface area contributed by atoms with E-state index in [9.17, 15) is 14.7 Å². The van der Waals surface area contributed by atoms with Gasteiger partial charge in [-0.15, -0.1) is 11.8 Å². The van der Waals surface area contributed by atoms with Crippen molar-refractivity contribution in [3.63, 3.8) is 0 Å². The van der Waals surface area contributed by atoms with Crippen LogP contribution in [0.4, 0.5) is 0 Å². The first-order valence-electron chi connectivity index (χ1n) is 7.84. The van der Waals surface area contributed by atoms with E-state index in [1.165, 1.54) is 0 Å². The van der Waals surface area contributed by atoms with E-state index >= 15 is 0 Å². The summed E-state index contributed by atoms with van der Waals surface area (Å²) in [6.45, 7) is 3.73. The van der Waals surface area contributed by atoms with Gasteiger partial charge >= 0.3 is 5.97 Å². The minimum absolute atomic E-state index is 0.104. The highest BCUT2D eigenvalue weighted by molar-refractivity contribution is 7.98. The van der Waals surface area contributed by atoms with Gasteiger partial charge in [0.2, 0.25) is 0 Å². The van der Waals surface area contributed by atoms with Gasteiger partial charge in [0.25, 0.3) is 5.91 Å². The van der Waals surface area contributed by atoms with E-state index in [1.54, 1.807) is 11.8 Å². The molecule has 5 N–H and O–H groups in total. The molecule has 1 aromatic rings. The zero-order valence-electron chi connectivity index (χ0n) is 14.2. The second-order valence-corrected chi connectivity index (χ2v) is 7.07. The van der Waals surface area contributed by atoms with Crippen molar-refractivity contribution < 1.29 is 19.8 Å². The number of hydrogen-bond donors (Lipinski definition) is 4. The molecule has 3 atom stereocenters. The normalized spacial score (nSPS) is 14.9. The number of carbonyl (C=O) groups is 2. The van der Waals surface area contributed by atoms with Crippen LogP contribution >= 0.6 is 11.8 Å². The van der Waals surface area contributed by atoms with Gasteiger partial charge in [0.1, 0.15) is 12.1 Å². The molecule has 0 saturated heterocycles. The average molecular weight is 354 g/mol. The van der Waals surface area contributed by atoms with Crippen molar-refractivity contribution in [1.82, 2.24) is 5.32 Å². The van der Waals surface area contributed by atoms with Gasteiger partial charge in [-0.05, 0) is 42.7 Å². The Hall–Kier alpha value is -1.57. The van der Waals surface area contributed by atoms with E-state index in [4.69, 9.17) is 10.8 Å². The van der Waals surface area contributed by atoms with Gasteiger partial charge in [-0.25, -0.2) is 4.79 Å². The molecule has 0 spiro atoms. The Morgan fingerprint density at radius 3 is 2.29 bits per heavy atom. The summed E-state index contributed by atoms with van der Waals surface area (Å²) < 4.78 is 0. The van der Waals surface area contributed by atoms with Gasteiger partial charge in [-0.3, -0.25) is 4.79 Å². The molecule has 0 aliphatic rings. The van der Waals surface area contributed by atoms with Gasteiger partial charge in [-0.2, -0.15) is 0 Å². The van der Waals surface area contributed by atoms with Crippen LogP contribution < -0.4 is 11.1 Å². The summed E-state index contributed by atoms with van der Waals surface area (Å²) >= 11 is 1.62. The minimum Gasteiger partial charge on any atom is -0.480 e. The topological polar surface area (TPSA) is 113 Å². The third kappa shape index (κ3) is 6.51. The second kappa shape index (κ2) is 9.66. The molecule has 0 aliphatic carbocycles. The Kier molecular flexibility index (Phi) is 8.24. The van der Waals surface area contributed by atoms with Crippen molar-refractivity contribution in [2.45, 2.75) is 49.8 Å². The predicted molar refractivity (Wildman–Crippen MR) is 94.9 cm³/mol. The van der Waals surface area contributed by atoms with Crippen LogP contribution in [0.25, 0.3) is 0 Å². The van der Waals surface area contributed by atoms with Gasteiger partial charge < -0.3 is 21.3 Å². The summed E-state index contributed by atoms with van der Waals surface area (Å²) in [7, 11) is 0. The molecule has 1 amide bonds. The van der Waals surface area contributed by atoms with Crippen LogP contribution in [-0.2, 0) is 16.0 Å². The monoisotopic (exact) mass is 354 g/mol. The number of amides is 1. The zero-order valence-corrected chi connectivity index (χ0v) is 15.0. The Bertz CT molecular complexity index is 548. The number of aliphatic carboxylic acids is 1. The largest absolute Gasteiger partial charge is 0.480 e. The summed E-state index contributed by atoms with van der Waals surface area (Å²) in [6.07, 6.45) is 1.13. The molecule has 1 rings (SSSR count). The highest BCUT2D eigenvalue weighted by Gasteiger charge is 2.28. The fraction of sp³-hybridized carbons (Fsp3) is 0.529. The number of carboxylic acids is 1. The third-order valence-electron chi connectivity index (χ3n) is 3.63. The van der Waals surface area contributed by atoms with Crippen molar-refractivity contribution in [1.29, 1.82) is 0 Å². The van der Waals surface area contributed by atoms with E-state index in [0.717, 1.165) is 10.5 Å². The Morgan fingerprint density at radius 1 is 1.25 bits per heavy atom.